The van der Waals surface area contributed by atoms with Gasteiger partial charge in [0.1, 0.15) is 0 Å². The summed E-state index contributed by atoms with van der Waals surface area (Å²) < 4.78 is 0. The molecule has 0 nitrogen and oxygen atoms in total. The van der Waals surface area contributed by atoms with Crippen LogP contribution in [0.3, 0.4) is 0 Å². The Morgan fingerprint density at radius 2 is 1.10 bits per heavy atom. The van der Waals surface area contributed by atoms with Crippen molar-refractivity contribution in [3.63, 3.8) is 0 Å². The molecule has 0 heterocycles. The molecule has 1 fully saturated rings. The van der Waals surface area contributed by atoms with Crippen molar-refractivity contribution < 1.29 is 0 Å². The fraction of sp³-hybridized carbons (Fsp3) is 0.338. The quantitative estimate of drug-likeness (QED) is 0.155. The predicted octanol–water partition coefficient (Wildman–Crippen LogP) is 19.8. The summed E-state index contributed by atoms with van der Waals surface area (Å²) in [5, 5.41) is 2.63. The first-order chi connectivity index (χ1) is 33.5. The molecule has 0 aromatic heterocycles. The summed E-state index contributed by atoms with van der Waals surface area (Å²) in [5.41, 5.74) is 31.6. The Morgan fingerprint density at radius 1 is 0.535 bits per heavy atom. The Hall–Kier alpha value is -6.20. The molecule has 0 spiro atoms. The number of hydrogen-bond acceptors (Lipinski definition) is 0. The minimum atomic E-state index is -0.0608. The van der Waals surface area contributed by atoms with E-state index in [2.05, 4.69) is 249 Å². The van der Waals surface area contributed by atoms with E-state index in [1.165, 1.54) is 134 Å². The van der Waals surface area contributed by atoms with E-state index in [-0.39, 0.29) is 33.5 Å². The molecular formula is C71H74. The zero-order valence-corrected chi connectivity index (χ0v) is 45.3. The molecule has 6 aliphatic carbocycles. The second-order valence-corrected chi connectivity index (χ2v) is 26.0. The smallest absolute Gasteiger partial charge is 0.0126 e. The molecule has 0 radical (unpaired) electrons. The second kappa shape index (κ2) is 16.4. The summed E-state index contributed by atoms with van der Waals surface area (Å²) in [6.07, 6.45) is 22.6. The average molecular weight is 927 g/mol. The van der Waals surface area contributed by atoms with Crippen molar-refractivity contribution in [2.24, 2.45) is 17.8 Å². The van der Waals surface area contributed by atoms with Gasteiger partial charge in [0.15, 0.2) is 0 Å². The van der Waals surface area contributed by atoms with Gasteiger partial charge < -0.3 is 0 Å². The number of rotatable bonds is 3. The second-order valence-electron chi connectivity index (χ2n) is 26.0. The molecule has 0 heteroatoms. The van der Waals surface area contributed by atoms with Crippen LogP contribution in [0.15, 0.2) is 145 Å². The van der Waals surface area contributed by atoms with Crippen LogP contribution in [-0.2, 0) is 21.7 Å². The molecule has 0 bridgehead atoms. The van der Waals surface area contributed by atoms with Gasteiger partial charge in [-0.1, -0.05) is 212 Å². The van der Waals surface area contributed by atoms with Crippen molar-refractivity contribution >= 4 is 28.0 Å². The van der Waals surface area contributed by atoms with Crippen LogP contribution >= 0.6 is 0 Å². The molecule has 6 aromatic carbocycles. The van der Waals surface area contributed by atoms with Gasteiger partial charge in [-0.2, -0.15) is 0 Å². The molecule has 71 heavy (non-hydrogen) atoms. The van der Waals surface area contributed by atoms with Crippen molar-refractivity contribution in [3.05, 3.63) is 200 Å². The molecule has 12 rings (SSSR count). The summed E-state index contributed by atoms with van der Waals surface area (Å²) in [5.74, 6) is 2.60. The van der Waals surface area contributed by atoms with Crippen LogP contribution in [-0.4, -0.2) is 0 Å². The molecule has 0 aliphatic heterocycles. The van der Waals surface area contributed by atoms with E-state index in [1.807, 2.05) is 0 Å². The average Bonchev–Trinajstić information content (AvgIpc) is 3.83. The molecular weight excluding hydrogens is 853 g/mol. The highest BCUT2D eigenvalue weighted by atomic mass is 14.4. The lowest BCUT2D eigenvalue weighted by Gasteiger charge is -2.31. The lowest BCUT2D eigenvalue weighted by atomic mass is 9.72. The highest BCUT2D eigenvalue weighted by Gasteiger charge is 2.41. The number of benzene rings is 6. The Labute approximate surface area is 426 Å². The minimum Gasteiger partial charge on any atom is -0.120 e. The number of allylic oxidation sites excluding steroid dienone is 9. The first kappa shape index (κ1) is 47.1. The van der Waals surface area contributed by atoms with E-state index >= 15 is 0 Å². The van der Waals surface area contributed by atoms with E-state index in [0.29, 0.717) is 0 Å². The maximum absolute atomic E-state index is 3.71. The third-order valence-electron chi connectivity index (χ3n) is 16.7. The van der Waals surface area contributed by atoms with E-state index in [0.717, 1.165) is 11.8 Å². The predicted molar refractivity (Wildman–Crippen MR) is 308 cm³/mol. The van der Waals surface area contributed by atoms with Crippen molar-refractivity contribution in [1.82, 2.24) is 0 Å². The van der Waals surface area contributed by atoms with Gasteiger partial charge in [-0.25, -0.2) is 0 Å². The summed E-state index contributed by atoms with van der Waals surface area (Å²) in [7, 11) is 0. The van der Waals surface area contributed by atoms with Crippen LogP contribution in [0.25, 0.3) is 72.5 Å². The lowest BCUT2D eigenvalue weighted by molar-refractivity contribution is 0.568. The Balaban J connectivity index is 0.00000103. The first-order valence-electron chi connectivity index (χ1n) is 26.7. The van der Waals surface area contributed by atoms with Crippen LogP contribution in [0, 0.1) is 17.8 Å². The van der Waals surface area contributed by atoms with Gasteiger partial charge in [0.25, 0.3) is 0 Å². The van der Waals surface area contributed by atoms with E-state index in [1.54, 1.807) is 0 Å². The van der Waals surface area contributed by atoms with Crippen LogP contribution in [0.2, 0.25) is 0 Å². The summed E-state index contributed by atoms with van der Waals surface area (Å²) >= 11 is 0. The van der Waals surface area contributed by atoms with Crippen molar-refractivity contribution in [2.45, 2.75) is 138 Å². The van der Waals surface area contributed by atoms with Gasteiger partial charge in [-0.15, -0.1) is 5.73 Å². The fourth-order valence-corrected chi connectivity index (χ4v) is 12.1. The van der Waals surface area contributed by atoms with E-state index in [4.69, 9.17) is 0 Å². The molecule has 6 aromatic rings. The third-order valence-corrected chi connectivity index (χ3v) is 16.7. The van der Waals surface area contributed by atoms with Crippen LogP contribution < -0.4 is 0 Å². The number of hydrogen-bond donors (Lipinski definition) is 0. The Kier molecular flexibility index (Phi) is 10.9. The minimum absolute atomic E-state index is 0.0545. The van der Waals surface area contributed by atoms with E-state index < -0.39 is 0 Å². The zero-order chi connectivity index (χ0) is 50.3. The highest BCUT2D eigenvalue weighted by Crippen LogP contribution is 2.63. The van der Waals surface area contributed by atoms with Crippen LogP contribution in [0.5, 0.6) is 0 Å². The van der Waals surface area contributed by atoms with Gasteiger partial charge in [0.05, 0.1) is 0 Å². The normalized spacial score (nSPS) is 20.1. The van der Waals surface area contributed by atoms with Crippen molar-refractivity contribution in [3.8, 4) is 44.5 Å². The van der Waals surface area contributed by atoms with Crippen molar-refractivity contribution in [1.29, 1.82) is 0 Å². The lowest BCUT2D eigenvalue weighted by Crippen LogP contribution is -2.17. The van der Waals surface area contributed by atoms with E-state index in [9.17, 15) is 0 Å². The third kappa shape index (κ3) is 7.88. The monoisotopic (exact) mass is 927 g/mol. The van der Waals surface area contributed by atoms with Gasteiger partial charge >= 0.3 is 0 Å². The van der Waals surface area contributed by atoms with Crippen LogP contribution in [0.4, 0.5) is 0 Å². The summed E-state index contributed by atoms with van der Waals surface area (Å²) in [4.78, 5) is 0. The molecule has 0 N–H and O–H groups in total. The van der Waals surface area contributed by atoms with Crippen molar-refractivity contribution in [2.75, 3.05) is 0 Å². The SMILES string of the molecule is C/C=C/C1=CC2C=C3c4c(cccc4C2C=C1)-c1c3c(-c2cc(C(C)(C)C)cc(C(C)(C)C)c2)c2c3c4c(cc2c1-c1cc(C(C)(C)C)cc(C(C)(C)C)c1)-c1ccccc1C4=CC=C=C3.CC1C[C@@H]1C. The van der Waals surface area contributed by atoms with Gasteiger partial charge in [0.2, 0.25) is 0 Å². The molecule has 4 atom stereocenters. The largest absolute Gasteiger partial charge is 0.120 e. The molecule has 0 amide bonds. The van der Waals surface area contributed by atoms with Gasteiger partial charge in [-0.3, -0.25) is 0 Å². The zero-order valence-electron chi connectivity index (χ0n) is 45.3. The molecule has 358 valence electrons. The molecule has 3 unspecified atom stereocenters. The van der Waals surface area contributed by atoms with Gasteiger partial charge in [0, 0.05) is 11.8 Å². The van der Waals surface area contributed by atoms with Crippen LogP contribution in [0.1, 0.15) is 172 Å². The summed E-state index contributed by atoms with van der Waals surface area (Å²) in [6.45, 7) is 35.2. The standard InChI is InChI=1S/C66H64.C5H10/c1-14-20-38-27-28-46-39(29-38)34-54-59-49(46)25-19-26-52(59)61-56(40-30-42(63(2,3)4)35-43(31-40)64(5,6)7)55-37-53-48-22-16-15-21-47(48)50-23-17-18-24-51(58(50)53)60(55)57(62(54)61)41-32-44(65(8,9)10)36-45(33-41)66(11,12)13;1-4-3-5(4)2/h14-17,19-37,39,46H,1-13H3;4-5H,3H2,1-2H3/b20-14+;/t;4-,5?/m.0/s1. The molecule has 0 saturated heterocycles. The molecule has 6 aliphatic rings. The number of fused-ring (bicyclic) bond motifs is 10. The topological polar surface area (TPSA) is 0 Å². The summed E-state index contributed by atoms with van der Waals surface area (Å²) in [6, 6.07) is 34.0. The maximum Gasteiger partial charge on any atom is 0.0126 e. The maximum atomic E-state index is 3.71. The Bertz CT molecular complexity index is 3420. The highest BCUT2D eigenvalue weighted by molar-refractivity contribution is 6.26. The first-order valence-corrected chi connectivity index (χ1v) is 26.7. The molecule has 1 saturated carbocycles. The Morgan fingerprint density at radius 3 is 1.66 bits per heavy atom. The van der Waals surface area contributed by atoms with Gasteiger partial charge in [-0.05, 0) is 199 Å². The fourth-order valence-electron chi connectivity index (χ4n) is 12.1.